The fraction of sp³-hybridized carbons (Fsp3) is 0.534. The van der Waals surface area contributed by atoms with Gasteiger partial charge in [0.05, 0.1) is 13.2 Å². The van der Waals surface area contributed by atoms with Gasteiger partial charge in [0.25, 0.3) is 16.6 Å². The van der Waals surface area contributed by atoms with Crippen molar-refractivity contribution in [1.29, 1.82) is 0 Å². The molecule has 362 valence electrons. The van der Waals surface area contributed by atoms with E-state index in [2.05, 4.69) is 89.2 Å². The lowest BCUT2D eigenvalue weighted by molar-refractivity contribution is -0.142. The summed E-state index contributed by atoms with van der Waals surface area (Å²) in [6, 6.07) is 41.1. The van der Waals surface area contributed by atoms with Crippen molar-refractivity contribution >= 4 is 43.4 Å². The molecule has 0 amide bonds. The fourth-order valence-electron chi connectivity index (χ4n) is 9.72. The van der Waals surface area contributed by atoms with E-state index in [0.29, 0.717) is 39.5 Å². The van der Waals surface area contributed by atoms with Gasteiger partial charge in [-0.25, -0.2) is 0 Å². The molecule has 0 spiro atoms. The quantitative estimate of drug-likeness (QED) is 0.0207. The van der Waals surface area contributed by atoms with Crippen molar-refractivity contribution in [2.45, 2.75) is 160 Å². The van der Waals surface area contributed by atoms with Gasteiger partial charge < -0.3 is 23.8 Å². The molecule has 0 fully saturated rings. The number of benzene rings is 4. The normalized spacial score (nSPS) is 13.0. The van der Waals surface area contributed by atoms with Crippen molar-refractivity contribution in [1.82, 2.24) is 0 Å². The first kappa shape index (κ1) is 55.0. The van der Waals surface area contributed by atoms with Crippen LogP contribution < -0.4 is 20.7 Å². The molecular weight excluding hydrogens is 849 g/mol. The molecule has 66 heavy (non-hydrogen) atoms. The molecule has 4 aromatic carbocycles. The lowest BCUT2D eigenvalue weighted by Gasteiger charge is -2.43. The van der Waals surface area contributed by atoms with Crippen LogP contribution in [0.1, 0.15) is 150 Å². The maximum atomic E-state index is 12.9. The molecule has 0 saturated heterocycles. The average Bonchev–Trinajstić information content (AvgIpc) is 3.33. The SMILES string of the molecule is CCCCCCCC/C=C\COC(=O)CCCCCOCC(COCCCCCCCC(C)(C)[Si](O)(c1ccccc1)c1ccccc1)CC(C)(C)[Si](O)(c1ccccc1)c1ccccc1. The number of carbonyl (C=O) groups excluding carboxylic acids is 1. The molecule has 0 aromatic heterocycles. The van der Waals surface area contributed by atoms with E-state index in [4.69, 9.17) is 14.2 Å². The Kier molecular flexibility index (Phi) is 25.0. The summed E-state index contributed by atoms with van der Waals surface area (Å²) in [5, 5.41) is 3.53. The number of esters is 1. The Morgan fingerprint density at radius 3 is 1.42 bits per heavy atom. The number of hydrogen-bond donors (Lipinski definition) is 2. The second kappa shape index (κ2) is 30.0. The zero-order chi connectivity index (χ0) is 47.4. The van der Waals surface area contributed by atoms with Gasteiger partial charge in [0, 0.05) is 25.6 Å². The van der Waals surface area contributed by atoms with Crippen LogP contribution in [0.2, 0.25) is 10.1 Å². The van der Waals surface area contributed by atoms with E-state index < -0.39 is 21.7 Å². The molecule has 0 saturated carbocycles. The van der Waals surface area contributed by atoms with Crippen molar-refractivity contribution in [3.8, 4) is 0 Å². The first-order valence-electron chi connectivity index (χ1n) is 25.6. The number of unbranched alkanes of at least 4 members (excludes halogenated alkanes) is 12. The number of rotatable bonds is 35. The zero-order valence-corrected chi connectivity index (χ0v) is 43.6. The first-order valence-corrected chi connectivity index (χ1v) is 29.5. The van der Waals surface area contributed by atoms with Crippen LogP contribution in [0.4, 0.5) is 0 Å². The lowest BCUT2D eigenvalue weighted by atomic mass is 9.97. The Labute approximate surface area is 402 Å². The molecular formula is C58H86O6Si2. The molecule has 0 bridgehead atoms. The van der Waals surface area contributed by atoms with Gasteiger partial charge in [0.15, 0.2) is 0 Å². The standard InChI is InChI=1S/C58H86O6Si2/c1-6-7-8-9-10-11-12-16-34-47-64-56(59)43-30-21-33-46-63-50-51(48-58(4,5)66(61,54-39-26-19-27-40-54)55-41-28-20-29-42-55)49-62-45-32-15-13-14-31-44-57(2,3)65(60,52-35-22-17-23-36-52)53-37-24-18-25-38-53/h16-20,22-29,34-42,51,60-61H,6-15,21,30-33,43-50H2,1-5H3/b34-16-. The number of hydrogen-bond acceptors (Lipinski definition) is 6. The van der Waals surface area contributed by atoms with Crippen molar-refractivity contribution in [2.75, 3.05) is 33.0 Å². The Morgan fingerprint density at radius 1 is 0.530 bits per heavy atom. The molecule has 4 rings (SSSR count). The largest absolute Gasteiger partial charge is 0.461 e. The van der Waals surface area contributed by atoms with E-state index in [1.54, 1.807) is 0 Å². The van der Waals surface area contributed by atoms with E-state index in [1.807, 2.05) is 78.9 Å². The molecule has 4 aromatic rings. The zero-order valence-electron chi connectivity index (χ0n) is 41.6. The minimum absolute atomic E-state index is 0.106. The third-order valence-corrected chi connectivity index (χ3v) is 22.8. The first-order chi connectivity index (χ1) is 32.0. The van der Waals surface area contributed by atoms with E-state index in [0.717, 1.165) is 91.4 Å². The van der Waals surface area contributed by atoms with Gasteiger partial charge in [-0.1, -0.05) is 232 Å². The molecule has 6 nitrogen and oxygen atoms in total. The summed E-state index contributed by atoms with van der Waals surface area (Å²) in [7, 11) is -6.19. The van der Waals surface area contributed by atoms with E-state index in [-0.39, 0.29) is 16.9 Å². The molecule has 0 aliphatic carbocycles. The Hall–Kier alpha value is -3.64. The number of allylic oxidation sites excluding steroid dienone is 1. The second-order valence-corrected chi connectivity index (χ2v) is 27.8. The van der Waals surface area contributed by atoms with Crippen molar-refractivity contribution in [2.24, 2.45) is 5.92 Å². The maximum absolute atomic E-state index is 12.9. The van der Waals surface area contributed by atoms with Crippen LogP contribution >= 0.6 is 0 Å². The van der Waals surface area contributed by atoms with Crippen LogP contribution in [-0.4, -0.2) is 65.2 Å². The van der Waals surface area contributed by atoms with Gasteiger partial charge in [0.2, 0.25) is 0 Å². The van der Waals surface area contributed by atoms with Crippen LogP contribution in [0.5, 0.6) is 0 Å². The highest BCUT2D eigenvalue weighted by Crippen LogP contribution is 2.42. The number of carbonyl (C=O) groups is 1. The topological polar surface area (TPSA) is 85.2 Å². The molecule has 1 unspecified atom stereocenters. The molecule has 1 atom stereocenters. The summed E-state index contributed by atoms with van der Waals surface area (Å²) in [6.07, 6.45) is 23.1. The molecule has 0 heterocycles. The van der Waals surface area contributed by atoms with E-state index in [9.17, 15) is 14.4 Å². The van der Waals surface area contributed by atoms with Gasteiger partial charge in [0.1, 0.15) is 6.61 Å². The maximum Gasteiger partial charge on any atom is 0.306 e. The second-order valence-electron chi connectivity index (χ2n) is 19.9. The fourth-order valence-corrected chi connectivity index (χ4v) is 17.3. The van der Waals surface area contributed by atoms with Crippen LogP contribution in [0, 0.1) is 5.92 Å². The summed E-state index contributed by atoms with van der Waals surface area (Å²) >= 11 is 0. The van der Waals surface area contributed by atoms with Gasteiger partial charge >= 0.3 is 5.97 Å². The number of ether oxygens (including phenoxy) is 3. The third-order valence-electron chi connectivity index (χ3n) is 13.7. The van der Waals surface area contributed by atoms with Crippen LogP contribution in [-0.2, 0) is 19.0 Å². The summed E-state index contributed by atoms with van der Waals surface area (Å²) in [6.45, 7) is 14.0. The molecule has 0 aliphatic rings. The van der Waals surface area contributed by atoms with Gasteiger partial charge in [-0.05, 0) is 75.8 Å². The van der Waals surface area contributed by atoms with Crippen molar-refractivity contribution in [3.05, 3.63) is 133 Å². The van der Waals surface area contributed by atoms with Crippen LogP contribution in [0.15, 0.2) is 133 Å². The van der Waals surface area contributed by atoms with Crippen LogP contribution in [0.3, 0.4) is 0 Å². The molecule has 0 radical (unpaired) electrons. The minimum atomic E-state index is -3.20. The molecule has 0 aliphatic heterocycles. The highest BCUT2D eigenvalue weighted by atomic mass is 28.4. The van der Waals surface area contributed by atoms with E-state index >= 15 is 0 Å². The lowest BCUT2D eigenvalue weighted by Crippen LogP contribution is -2.65. The van der Waals surface area contributed by atoms with Gasteiger partial charge in [-0.3, -0.25) is 4.79 Å². The van der Waals surface area contributed by atoms with Crippen molar-refractivity contribution < 1.29 is 28.6 Å². The predicted molar refractivity (Wildman–Crippen MR) is 282 cm³/mol. The van der Waals surface area contributed by atoms with Gasteiger partial charge in [-0.15, -0.1) is 0 Å². The third kappa shape index (κ3) is 17.5. The smallest absolute Gasteiger partial charge is 0.306 e. The average molecular weight is 935 g/mol. The monoisotopic (exact) mass is 935 g/mol. The van der Waals surface area contributed by atoms with Gasteiger partial charge in [-0.2, -0.15) is 0 Å². The summed E-state index contributed by atoms with van der Waals surface area (Å²) in [4.78, 5) is 37.8. The van der Waals surface area contributed by atoms with Crippen LogP contribution in [0.25, 0.3) is 0 Å². The summed E-state index contributed by atoms with van der Waals surface area (Å²) in [5.74, 6) is -0.0242. The van der Waals surface area contributed by atoms with Crippen molar-refractivity contribution in [3.63, 3.8) is 0 Å². The minimum Gasteiger partial charge on any atom is -0.461 e. The highest BCUT2D eigenvalue weighted by Gasteiger charge is 2.51. The Bertz CT molecular complexity index is 1810. The molecule has 2 N–H and O–H groups in total. The Morgan fingerprint density at radius 2 is 0.939 bits per heavy atom. The summed E-state index contributed by atoms with van der Waals surface area (Å²) < 4.78 is 18.2. The van der Waals surface area contributed by atoms with E-state index in [1.165, 1.54) is 38.5 Å². The summed E-state index contributed by atoms with van der Waals surface area (Å²) in [5.41, 5.74) is 0. The molecule has 8 heteroatoms. The Balaban J connectivity index is 1.23. The predicted octanol–water partition coefficient (Wildman–Crippen LogP) is 11.8. The highest BCUT2D eigenvalue weighted by molar-refractivity contribution is 6.99.